The van der Waals surface area contributed by atoms with E-state index in [9.17, 15) is 4.79 Å². The lowest BCUT2D eigenvalue weighted by atomic mass is 10.2. The monoisotopic (exact) mass is 352 g/mol. The standard InChI is InChI=1S/C20H20N2O2S/c1-14-6-2-5-9-18(14)24-12-13-25-20-21-17-8-4-3-7-16(17)19(23)22(20)15-10-11-15/h2-9,15H,10-13H2,1H3. The summed E-state index contributed by atoms with van der Waals surface area (Å²) < 4.78 is 7.73. The smallest absolute Gasteiger partial charge is 0.262 e. The minimum atomic E-state index is 0.0791. The molecule has 3 aromatic rings. The third-order valence-corrected chi connectivity index (χ3v) is 5.27. The third-order valence-electron chi connectivity index (χ3n) is 4.35. The minimum absolute atomic E-state index is 0.0791. The molecule has 25 heavy (non-hydrogen) atoms. The summed E-state index contributed by atoms with van der Waals surface area (Å²) in [5.74, 6) is 1.67. The number of rotatable bonds is 6. The van der Waals surface area contributed by atoms with Crippen LogP contribution in [0.3, 0.4) is 0 Å². The first-order valence-corrected chi connectivity index (χ1v) is 9.55. The van der Waals surface area contributed by atoms with Crippen molar-refractivity contribution in [1.29, 1.82) is 0 Å². The number of benzene rings is 2. The van der Waals surface area contributed by atoms with Gasteiger partial charge in [0.1, 0.15) is 5.75 Å². The molecule has 1 fully saturated rings. The van der Waals surface area contributed by atoms with Gasteiger partial charge < -0.3 is 4.74 Å². The molecule has 1 aliphatic carbocycles. The Hall–Kier alpha value is -2.27. The van der Waals surface area contributed by atoms with Gasteiger partial charge in [0.15, 0.2) is 5.16 Å². The highest BCUT2D eigenvalue weighted by molar-refractivity contribution is 7.99. The van der Waals surface area contributed by atoms with Crippen LogP contribution in [0.1, 0.15) is 24.4 Å². The average Bonchev–Trinajstić information content (AvgIpc) is 3.45. The molecule has 0 spiro atoms. The summed E-state index contributed by atoms with van der Waals surface area (Å²) in [5, 5.41) is 1.51. The molecule has 0 atom stereocenters. The number of thioether (sulfide) groups is 1. The number of ether oxygens (including phenoxy) is 1. The minimum Gasteiger partial charge on any atom is -0.492 e. The number of hydrogen-bond donors (Lipinski definition) is 0. The highest BCUT2D eigenvalue weighted by atomic mass is 32.2. The molecule has 4 rings (SSSR count). The first-order valence-electron chi connectivity index (χ1n) is 8.56. The lowest BCUT2D eigenvalue weighted by Crippen LogP contribution is -2.22. The summed E-state index contributed by atoms with van der Waals surface area (Å²) in [7, 11) is 0. The van der Waals surface area contributed by atoms with Crippen molar-refractivity contribution in [3.8, 4) is 5.75 Å². The van der Waals surface area contributed by atoms with Crippen molar-refractivity contribution < 1.29 is 4.74 Å². The fraction of sp³-hybridized carbons (Fsp3) is 0.300. The van der Waals surface area contributed by atoms with Crippen molar-refractivity contribution in [1.82, 2.24) is 9.55 Å². The van der Waals surface area contributed by atoms with Crippen LogP contribution in [-0.4, -0.2) is 21.9 Å². The van der Waals surface area contributed by atoms with E-state index in [0.717, 1.165) is 40.6 Å². The van der Waals surface area contributed by atoms with Gasteiger partial charge in [-0.15, -0.1) is 0 Å². The van der Waals surface area contributed by atoms with Gasteiger partial charge in [-0.05, 0) is 43.5 Å². The fourth-order valence-electron chi connectivity index (χ4n) is 2.89. The zero-order valence-corrected chi connectivity index (χ0v) is 15.0. The Labute approximate surface area is 150 Å². The van der Waals surface area contributed by atoms with Gasteiger partial charge >= 0.3 is 0 Å². The number of nitrogens with zero attached hydrogens (tertiary/aromatic N) is 2. The summed E-state index contributed by atoms with van der Waals surface area (Å²) in [5.41, 5.74) is 1.98. The van der Waals surface area contributed by atoms with Crippen LogP contribution >= 0.6 is 11.8 Å². The zero-order valence-electron chi connectivity index (χ0n) is 14.1. The van der Waals surface area contributed by atoms with Crippen molar-refractivity contribution in [3.05, 3.63) is 64.4 Å². The second-order valence-corrected chi connectivity index (χ2v) is 7.34. The Kier molecular flexibility index (Phi) is 4.49. The van der Waals surface area contributed by atoms with Crippen LogP contribution in [0.25, 0.3) is 10.9 Å². The van der Waals surface area contributed by atoms with Gasteiger partial charge in [0.05, 0.1) is 17.5 Å². The second kappa shape index (κ2) is 6.92. The van der Waals surface area contributed by atoms with Crippen molar-refractivity contribution in [3.63, 3.8) is 0 Å². The zero-order chi connectivity index (χ0) is 17.2. The normalized spacial score (nSPS) is 14.0. The lowest BCUT2D eigenvalue weighted by Gasteiger charge is -2.13. The Bertz CT molecular complexity index is 963. The molecule has 0 saturated heterocycles. The Morgan fingerprint density at radius 2 is 1.92 bits per heavy atom. The van der Waals surface area contributed by atoms with Gasteiger partial charge in [-0.25, -0.2) is 4.98 Å². The molecule has 1 aliphatic rings. The van der Waals surface area contributed by atoms with Gasteiger partial charge in [0.2, 0.25) is 0 Å². The summed E-state index contributed by atoms with van der Waals surface area (Å²) in [6, 6.07) is 15.9. The number of aromatic nitrogens is 2. The first kappa shape index (κ1) is 16.2. The molecule has 0 unspecified atom stereocenters. The van der Waals surface area contributed by atoms with Crippen LogP contribution in [0.15, 0.2) is 58.5 Å². The summed E-state index contributed by atoms with van der Waals surface area (Å²) in [4.78, 5) is 17.5. The first-order chi connectivity index (χ1) is 12.2. The molecule has 128 valence electrons. The maximum Gasteiger partial charge on any atom is 0.262 e. The van der Waals surface area contributed by atoms with Gasteiger partial charge in [0, 0.05) is 11.8 Å². The van der Waals surface area contributed by atoms with E-state index in [4.69, 9.17) is 9.72 Å². The van der Waals surface area contributed by atoms with Crippen LogP contribution in [-0.2, 0) is 0 Å². The molecule has 0 N–H and O–H groups in total. The highest BCUT2D eigenvalue weighted by Gasteiger charge is 2.28. The fourth-order valence-corrected chi connectivity index (χ4v) is 3.77. The number of para-hydroxylation sites is 2. The van der Waals surface area contributed by atoms with Gasteiger partial charge in [-0.2, -0.15) is 0 Å². The van der Waals surface area contributed by atoms with Crippen LogP contribution in [0.2, 0.25) is 0 Å². The van der Waals surface area contributed by atoms with E-state index < -0.39 is 0 Å². The van der Waals surface area contributed by atoms with E-state index in [1.165, 1.54) is 0 Å². The second-order valence-electron chi connectivity index (χ2n) is 6.28. The summed E-state index contributed by atoms with van der Waals surface area (Å²) in [6.07, 6.45) is 2.13. The molecular weight excluding hydrogens is 332 g/mol. The number of hydrogen-bond acceptors (Lipinski definition) is 4. The topological polar surface area (TPSA) is 44.1 Å². The number of fused-ring (bicyclic) bond motifs is 1. The van der Waals surface area contributed by atoms with Gasteiger partial charge in [0.25, 0.3) is 5.56 Å². The molecule has 0 radical (unpaired) electrons. The van der Waals surface area contributed by atoms with Crippen molar-refractivity contribution in [2.75, 3.05) is 12.4 Å². The summed E-state index contributed by atoms with van der Waals surface area (Å²) >= 11 is 1.60. The molecule has 0 amide bonds. The maximum absolute atomic E-state index is 12.8. The van der Waals surface area contributed by atoms with Gasteiger partial charge in [-0.3, -0.25) is 9.36 Å². The Morgan fingerprint density at radius 1 is 1.16 bits per heavy atom. The van der Waals surface area contributed by atoms with E-state index in [1.807, 2.05) is 60.0 Å². The van der Waals surface area contributed by atoms with Crippen molar-refractivity contribution in [2.24, 2.45) is 0 Å². The predicted octanol–water partition coefficient (Wildman–Crippen LogP) is 4.21. The van der Waals surface area contributed by atoms with E-state index in [2.05, 4.69) is 0 Å². The molecular formula is C20H20N2O2S. The molecule has 5 heteroatoms. The quantitative estimate of drug-likeness (QED) is 0.379. The molecule has 1 heterocycles. The molecule has 1 saturated carbocycles. The SMILES string of the molecule is Cc1ccccc1OCCSc1nc2ccccc2c(=O)n1C1CC1. The number of aryl methyl sites for hydroxylation is 1. The van der Waals surface area contributed by atoms with Crippen LogP contribution < -0.4 is 10.3 Å². The van der Waals surface area contributed by atoms with Crippen molar-refractivity contribution in [2.45, 2.75) is 31.0 Å². The predicted molar refractivity (Wildman–Crippen MR) is 102 cm³/mol. The molecule has 0 bridgehead atoms. The Balaban J connectivity index is 1.52. The third kappa shape index (κ3) is 3.42. The van der Waals surface area contributed by atoms with Crippen LogP contribution in [0.4, 0.5) is 0 Å². The highest BCUT2D eigenvalue weighted by Crippen LogP contribution is 2.36. The molecule has 0 aliphatic heterocycles. The van der Waals surface area contributed by atoms with E-state index in [1.54, 1.807) is 11.8 Å². The van der Waals surface area contributed by atoms with Crippen LogP contribution in [0.5, 0.6) is 5.75 Å². The Morgan fingerprint density at radius 3 is 2.72 bits per heavy atom. The molecule has 1 aromatic heterocycles. The lowest BCUT2D eigenvalue weighted by molar-refractivity contribution is 0.341. The van der Waals surface area contributed by atoms with Crippen molar-refractivity contribution >= 4 is 22.7 Å². The summed E-state index contributed by atoms with van der Waals surface area (Å²) in [6.45, 7) is 2.63. The van der Waals surface area contributed by atoms with E-state index >= 15 is 0 Å². The van der Waals surface area contributed by atoms with Gasteiger partial charge in [-0.1, -0.05) is 42.1 Å². The maximum atomic E-state index is 12.8. The average molecular weight is 352 g/mol. The largest absolute Gasteiger partial charge is 0.492 e. The van der Waals surface area contributed by atoms with E-state index in [0.29, 0.717) is 18.0 Å². The van der Waals surface area contributed by atoms with Crippen LogP contribution in [0, 0.1) is 6.92 Å². The van der Waals surface area contributed by atoms with E-state index in [-0.39, 0.29) is 5.56 Å². The molecule has 4 nitrogen and oxygen atoms in total. The molecule has 2 aromatic carbocycles.